The molecule has 0 amide bonds. The predicted molar refractivity (Wildman–Crippen MR) is 74.7 cm³/mol. The average Bonchev–Trinajstić information content (AvgIpc) is 2.35. The summed E-state index contributed by atoms with van der Waals surface area (Å²) in [4.78, 5) is 0. The van der Waals surface area contributed by atoms with Gasteiger partial charge < -0.3 is 0 Å². The number of hydrazine groups is 1. The van der Waals surface area contributed by atoms with Gasteiger partial charge in [-0.3, -0.25) is 5.84 Å². The van der Waals surface area contributed by atoms with E-state index in [1.165, 1.54) is 18.2 Å². The van der Waals surface area contributed by atoms with Crippen molar-refractivity contribution >= 4 is 22.6 Å². The van der Waals surface area contributed by atoms with Gasteiger partial charge in [0.2, 0.25) is 0 Å². The van der Waals surface area contributed by atoms with Crippen LogP contribution in [0.4, 0.5) is 8.78 Å². The third-order valence-electron chi connectivity index (χ3n) is 2.66. The lowest BCUT2D eigenvalue weighted by Crippen LogP contribution is -2.30. The summed E-state index contributed by atoms with van der Waals surface area (Å²) >= 11 is 2.16. The number of halogens is 3. The maximum Gasteiger partial charge on any atom is 0.131 e. The molecule has 18 heavy (non-hydrogen) atoms. The number of nitrogens with one attached hydrogen (secondary N) is 1. The van der Waals surface area contributed by atoms with E-state index in [1.54, 1.807) is 12.1 Å². The summed E-state index contributed by atoms with van der Waals surface area (Å²) in [5.41, 5.74) is 3.10. The van der Waals surface area contributed by atoms with E-state index < -0.39 is 17.7 Å². The SMILES string of the molecule is NNC(c1ccc(I)cc1)c1c(F)cccc1F. The fourth-order valence-corrected chi connectivity index (χ4v) is 2.15. The Hall–Kier alpha value is -1.05. The van der Waals surface area contributed by atoms with Crippen LogP contribution in [0.1, 0.15) is 17.2 Å². The molecule has 2 aromatic rings. The fourth-order valence-electron chi connectivity index (χ4n) is 1.79. The van der Waals surface area contributed by atoms with Gasteiger partial charge in [0.15, 0.2) is 0 Å². The van der Waals surface area contributed by atoms with E-state index in [2.05, 4.69) is 28.0 Å². The summed E-state index contributed by atoms with van der Waals surface area (Å²) in [5, 5.41) is 0. The van der Waals surface area contributed by atoms with Crippen LogP contribution in [-0.4, -0.2) is 0 Å². The van der Waals surface area contributed by atoms with Crippen LogP contribution in [0, 0.1) is 15.2 Å². The van der Waals surface area contributed by atoms with Gasteiger partial charge in [-0.2, -0.15) is 0 Å². The first kappa shape index (κ1) is 13.4. The minimum atomic E-state index is -0.705. The summed E-state index contributed by atoms with van der Waals surface area (Å²) in [7, 11) is 0. The highest BCUT2D eigenvalue weighted by atomic mass is 127. The van der Waals surface area contributed by atoms with Gasteiger partial charge in [-0.15, -0.1) is 0 Å². The standard InChI is InChI=1S/C13H11F2IN2/c14-10-2-1-3-11(15)12(10)13(18-17)8-4-6-9(16)7-5-8/h1-7,13,18H,17H2. The summed E-state index contributed by atoms with van der Waals surface area (Å²) in [6.45, 7) is 0. The first-order chi connectivity index (χ1) is 8.63. The molecule has 0 heterocycles. The van der Waals surface area contributed by atoms with Crippen molar-refractivity contribution in [2.45, 2.75) is 6.04 Å². The Morgan fingerprint density at radius 1 is 1.00 bits per heavy atom. The Morgan fingerprint density at radius 3 is 2.06 bits per heavy atom. The molecule has 0 spiro atoms. The molecule has 0 saturated heterocycles. The Bertz CT molecular complexity index is 523. The number of rotatable bonds is 3. The molecule has 1 unspecified atom stereocenters. The third kappa shape index (κ3) is 2.68. The molecule has 0 aliphatic carbocycles. The predicted octanol–water partition coefficient (Wildman–Crippen LogP) is 3.12. The highest BCUT2D eigenvalue weighted by Gasteiger charge is 2.20. The third-order valence-corrected chi connectivity index (χ3v) is 3.38. The van der Waals surface area contributed by atoms with Gasteiger partial charge in [0.05, 0.1) is 6.04 Å². The monoisotopic (exact) mass is 360 g/mol. The van der Waals surface area contributed by atoms with Crippen molar-refractivity contribution in [3.63, 3.8) is 0 Å². The van der Waals surface area contributed by atoms with Crippen LogP contribution in [0.2, 0.25) is 0 Å². The Morgan fingerprint density at radius 2 is 1.56 bits per heavy atom. The molecule has 2 rings (SSSR count). The molecule has 0 fully saturated rings. The highest BCUT2D eigenvalue weighted by Crippen LogP contribution is 2.26. The van der Waals surface area contributed by atoms with E-state index in [4.69, 9.17) is 5.84 Å². The van der Waals surface area contributed by atoms with Crippen molar-refractivity contribution in [2.75, 3.05) is 0 Å². The van der Waals surface area contributed by atoms with Crippen LogP contribution in [-0.2, 0) is 0 Å². The molecule has 0 aliphatic heterocycles. The normalized spacial score (nSPS) is 12.4. The van der Waals surface area contributed by atoms with Crippen molar-refractivity contribution in [3.05, 3.63) is 68.8 Å². The Labute approximate surface area is 117 Å². The second-order valence-corrected chi connectivity index (χ2v) is 5.03. The largest absolute Gasteiger partial charge is 0.271 e. The number of benzene rings is 2. The number of nitrogens with two attached hydrogens (primary N) is 1. The Kier molecular flexibility index (Phi) is 4.26. The zero-order valence-corrected chi connectivity index (χ0v) is 11.5. The highest BCUT2D eigenvalue weighted by molar-refractivity contribution is 14.1. The lowest BCUT2D eigenvalue weighted by molar-refractivity contribution is 0.510. The molecule has 0 bridgehead atoms. The van der Waals surface area contributed by atoms with Crippen LogP contribution >= 0.6 is 22.6 Å². The van der Waals surface area contributed by atoms with Gasteiger partial charge in [0.1, 0.15) is 11.6 Å². The molecule has 2 nitrogen and oxygen atoms in total. The van der Waals surface area contributed by atoms with Crippen molar-refractivity contribution in [2.24, 2.45) is 5.84 Å². The summed E-state index contributed by atoms with van der Waals surface area (Å²) in [5.74, 6) is 4.20. The van der Waals surface area contributed by atoms with E-state index in [0.29, 0.717) is 5.56 Å². The molecule has 0 saturated carbocycles. The van der Waals surface area contributed by atoms with Gasteiger partial charge in [0.25, 0.3) is 0 Å². The van der Waals surface area contributed by atoms with E-state index in [1.807, 2.05) is 12.1 Å². The fraction of sp³-hybridized carbons (Fsp3) is 0.0769. The summed E-state index contributed by atoms with van der Waals surface area (Å²) < 4.78 is 28.5. The van der Waals surface area contributed by atoms with Crippen LogP contribution < -0.4 is 11.3 Å². The van der Waals surface area contributed by atoms with Crippen LogP contribution in [0.25, 0.3) is 0 Å². The molecule has 1 atom stereocenters. The quantitative estimate of drug-likeness (QED) is 0.502. The van der Waals surface area contributed by atoms with Gasteiger partial charge in [0, 0.05) is 9.13 Å². The molecule has 3 N–H and O–H groups in total. The van der Waals surface area contributed by atoms with E-state index >= 15 is 0 Å². The minimum absolute atomic E-state index is 0.0683. The molecule has 0 aliphatic rings. The molecular weight excluding hydrogens is 349 g/mol. The average molecular weight is 360 g/mol. The number of hydrogen-bond donors (Lipinski definition) is 2. The minimum Gasteiger partial charge on any atom is -0.271 e. The van der Waals surface area contributed by atoms with E-state index in [0.717, 1.165) is 3.57 Å². The van der Waals surface area contributed by atoms with Crippen LogP contribution in [0.15, 0.2) is 42.5 Å². The van der Waals surface area contributed by atoms with Crippen molar-refractivity contribution < 1.29 is 8.78 Å². The van der Waals surface area contributed by atoms with E-state index in [-0.39, 0.29) is 5.56 Å². The van der Waals surface area contributed by atoms with Gasteiger partial charge in [-0.05, 0) is 52.4 Å². The van der Waals surface area contributed by atoms with Gasteiger partial charge in [-0.1, -0.05) is 18.2 Å². The zero-order valence-electron chi connectivity index (χ0n) is 9.33. The number of hydrogen-bond acceptors (Lipinski definition) is 2. The summed E-state index contributed by atoms with van der Waals surface area (Å²) in [6.07, 6.45) is 0. The molecular formula is C13H11F2IN2. The van der Waals surface area contributed by atoms with Crippen molar-refractivity contribution in [3.8, 4) is 0 Å². The summed E-state index contributed by atoms with van der Waals surface area (Å²) in [6, 6.07) is 10.4. The molecule has 2 aromatic carbocycles. The van der Waals surface area contributed by atoms with Crippen molar-refractivity contribution in [1.29, 1.82) is 0 Å². The smallest absolute Gasteiger partial charge is 0.131 e. The van der Waals surface area contributed by atoms with E-state index in [9.17, 15) is 8.78 Å². The second kappa shape index (κ2) is 5.73. The Balaban J connectivity index is 2.48. The van der Waals surface area contributed by atoms with Gasteiger partial charge in [-0.25, -0.2) is 14.2 Å². The van der Waals surface area contributed by atoms with Crippen LogP contribution in [0.5, 0.6) is 0 Å². The molecule has 5 heteroatoms. The molecule has 94 valence electrons. The topological polar surface area (TPSA) is 38.0 Å². The second-order valence-electron chi connectivity index (χ2n) is 3.79. The molecule has 0 aromatic heterocycles. The molecule has 0 radical (unpaired) electrons. The maximum atomic E-state index is 13.7. The first-order valence-electron chi connectivity index (χ1n) is 5.29. The van der Waals surface area contributed by atoms with Crippen LogP contribution in [0.3, 0.4) is 0 Å². The van der Waals surface area contributed by atoms with Gasteiger partial charge >= 0.3 is 0 Å². The lowest BCUT2D eigenvalue weighted by atomic mass is 9.98. The lowest BCUT2D eigenvalue weighted by Gasteiger charge is -2.18. The zero-order chi connectivity index (χ0) is 13.1. The first-order valence-corrected chi connectivity index (χ1v) is 6.37. The van der Waals surface area contributed by atoms with Crippen molar-refractivity contribution in [1.82, 2.24) is 5.43 Å². The maximum absolute atomic E-state index is 13.7.